The van der Waals surface area contributed by atoms with Crippen LogP contribution in [0.1, 0.15) is 41.8 Å². The molecule has 0 spiro atoms. The lowest BCUT2D eigenvalue weighted by atomic mass is 9.87. The zero-order valence-corrected chi connectivity index (χ0v) is 14.7. The predicted molar refractivity (Wildman–Crippen MR) is 89.1 cm³/mol. The monoisotopic (exact) mass is 311 g/mol. The summed E-state index contributed by atoms with van der Waals surface area (Å²) < 4.78 is 5.21. The molecule has 2 rings (SSSR count). The van der Waals surface area contributed by atoms with E-state index in [0.717, 1.165) is 39.1 Å². The Labute approximate surface area is 132 Å². The average Bonchev–Trinajstić information content (AvgIpc) is 2.82. The maximum absolute atomic E-state index is 5.21. The summed E-state index contributed by atoms with van der Waals surface area (Å²) in [6.07, 6.45) is 3.52. The second-order valence-corrected chi connectivity index (χ2v) is 7.21. The first-order chi connectivity index (χ1) is 10.1. The van der Waals surface area contributed by atoms with Gasteiger partial charge in [-0.05, 0) is 39.7 Å². The molecule has 1 saturated heterocycles. The van der Waals surface area contributed by atoms with Gasteiger partial charge in [-0.15, -0.1) is 11.3 Å². The number of likely N-dealkylation sites (tertiary alicyclic amines) is 1. The number of nitrogens with one attached hydrogen (secondary N) is 1. The third-order valence-corrected chi connectivity index (χ3v) is 5.73. The van der Waals surface area contributed by atoms with Gasteiger partial charge >= 0.3 is 0 Å². The fourth-order valence-electron chi connectivity index (χ4n) is 3.01. The molecular formula is C16H29N3OS. The first-order valence-electron chi connectivity index (χ1n) is 8.02. The molecule has 1 aliphatic rings. The second-order valence-electron chi connectivity index (χ2n) is 6.00. The Balaban J connectivity index is 2.12. The molecule has 5 heteroatoms. The minimum Gasteiger partial charge on any atom is -0.383 e. The Bertz CT molecular complexity index is 419. The summed E-state index contributed by atoms with van der Waals surface area (Å²) in [5.74, 6) is 0. The first-order valence-corrected chi connectivity index (χ1v) is 8.84. The lowest BCUT2D eigenvalue weighted by Gasteiger charge is -2.41. The van der Waals surface area contributed by atoms with E-state index >= 15 is 0 Å². The number of hydrogen-bond acceptors (Lipinski definition) is 5. The molecule has 0 amide bonds. The van der Waals surface area contributed by atoms with Gasteiger partial charge in [-0.1, -0.05) is 6.92 Å². The standard InChI is InChI=1S/C16H29N3OS/c1-5-9-19-10-6-16(7-11-19,17-8-12-20-4)15-18-13(2)14(3)21-15/h17H,5-12H2,1-4H3. The van der Waals surface area contributed by atoms with Crippen LogP contribution in [0.25, 0.3) is 0 Å². The Morgan fingerprint density at radius 2 is 2.05 bits per heavy atom. The SMILES string of the molecule is CCCN1CCC(NCCOC)(c2nc(C)c(C)s2)CC1. The molecule has 1 N–H and O–H groups in total. The normalized spacial score (nSPS) is 19.0. The van der Waals surface area contributed by atoms with Crippen molar-refractivity contribution in [3.63, 3.8) is 0 Å². The molecule has 1 aromatic heterocycles. The molecule has 1 aliphatic heterocycles. The van der Waals surface area contributed by atoms with Gasteiger partial charge in [0.15, 0.2) is 0 Å². The number of methoxy groups -OCH3 is 1. The minimum atomic E-state index is 0.0481. The molecule has 0 aromatic carbocycles. The second kappa shape index (κ2) is 7.68. The highest BCUT2D eigenvalue weighted by Crippen LogP contribution is 2.36. The topological polar surface area (TPSA) is 37.4 Å². The number of aromatic nitrogens is 1. The average molecular weight is 311 g/mol. The molecule has 0 aliphatic carbocycles. The molecule has 0 saturated carbocycles. The van der Waals surface area contributed by atoms with Crippen LogP contribution in [0, 0.1) is 13.8 Å². The van der Waals surface area contributed by atoms with Crippen LogP contribution in [-0.4, -0.2) is 49.8 Å². The molecule has 0 unspecified atom stereocenters. The Hall–Kier alpha value is -0.490. The van der Waals surface area contributed by atoms with Gasteiger partial charge in [0.05, 0.1) is 17.8 Å². The van der Waals surface area contributed by atoms with Gasteiger partial charge in [-0.25, -0.2) is 4.98 Å². The van der Waals surface area contributed by atoms with Gasteiger partial charge in [-0.2, -0.15) is 0 Å². The molecule has 0 bridgehead atoms. The summed E-state index contributed by atoms with van der Waals surface area (Å²) in [6, 6.07) is 0. The number of ether oxygens (including phenoxy) is 1. The van der Waals surface area contributed by atoms with Crippen molar-refractivity contribution in [3.05, 3.63) is 15.6 Å². The van der Waals surface area contributed by atoms with Gasteiger partial charge in [0.2, 0.25) is 0 Å². The zero-order chi connectivity index (χ0) is 15.3. The summed E-state index contributed by atoms with van der Waals surface area (Å²) in [4.78, 5) is 8.77. The predicted octanol–water partition coefficient (Wildman–Crippen LogP) is 2.70. The van der Waals surface area contributed by atoms with E-state index < -0.39 is 0 Å². The van der Waals surface area contributed by atoms with Gasteiger partial charge in [0.25, 0.3) is 0 Å². The molecule has 0 radical (unpaired) electrons. The third-order valence-electron chi connectivity index (χ3n) is 4.46. The zero-order valence-electron chi connectivity index (χ0n) is 13.9. The molecule has 1 fully saturated rings. The number of aryl methyl sites for hydroxylation is 2. The van der Waals surface area contributed by atoms with Crippen LogP contribution in [0.3, 0.4) is 0 Å². The lowest BCUT2D eigenvalue weighted by molar-refractivity contribution is 0.119. The van der Waals surface area contributed by atoms with Gasteiger partial charge in [0.1, 0.15) is 5.01 Å². The van der Waals surface area contributed by atoms with Crippen LogP contribution in [-0.2, 0) is 10.3 Å². The van der Waals surface area contributed by atoms with Crippen LogP contribution >= 0.6 is 11.3 Å². The van der Waals surface area contributed by atoms with Crippen LogP contribution < -0.4 is 5.32 Å². The van der Waals surface area contributed by atoms with E-state index in [9.17, 15) is 0 Å². The van der Waals surface area contributed by atoms with Crippen molar-refractivity contribution in [2.75, 3.05) is 39.9 Å². The highest BCUT2D eigenvalue weighted by atomic mass is 32.1. The van der Waals surface area contributed by atoms with E-state index in [2.05, 4.69) is 31.0 Å². The van der Waals surface area contributed by atoms with Crippen LogP contribution in [0.2, 0.25) is 0 Å². The Morgan fingerprint density at radius 3 is 2.57 bits per heavy atom. The first kappa shape index (κ1) is 16.9. The van der Waals surface area contributed by atoms with Crippen molar-refractivity contribution in [3.8, 4) is 0 Å². The maximum Gasteiger partial charge on any atom is 0.113 e. The number of hydrogen-bond donors (Lipinski definition) is 1. The molecule has 4 nitrogen and oxygen atoms in total. The molecule has 21 heavy (non-hydrogen) atoms. The fourth-order valence-corrected chi connectivity index (χ4v) is 4.15. The summed E-state index contributed by atoms with van der Waals surface area (Å²) >= 11 is 1.86. The van der Waals surface area contributed by atoms with E-state index in [1.807, 2.05) is 11.3 Å². The number of piperidine rings is 1. The fraction of sp³-hybridized carbons (Fsp3) is 0.812. The van der Waals surface area contributed by atoms with Gasteiger partial charge < -0.3 is 15.0 Å². The molecule has 0 atom stereocenters. The van der Waals surface area contributed by atoms with Crippen molar-refractivity contribution in [1.82, 2.24) is 15.2 Å². The number of thiazole rings is 1. The minimum absolute atomic E-state index is 0.0481. The van der Waals surface area contributed by atoms with Gasteiger partial charge in [0, 0.05) is 31.6 Å². The van der Waals surface area contributed by atoms with Crippen LogP contribution in [0.4, 0.5) is 0 Å². The Morgan fingerprint density at radius 1 is 1.33 bits per heavy atom. The Kier molecular flexibility index (Phi) is 6.17. The lowest BCUT2D eigenvalue weighted by Crippen LogP contribution is -2.52. The highest BCUT2D eigenvalue weighted by Gasteiger charge is 2.38. The van der Waals surface area contributed by atoms with E-state index in [1.54, 1.807) is 7.11 Å². The van der Waals surface area contributed by atoms with Crippen molar-refractivity contribution in [2.45, 2.75) is 45.6 Å². The van der Waals surface area contributed by atoms with Crippen LogP contribution in [0.5, 0.6) is 0 Å². The summed E-state index contributed by atoms with van der Waals surface area (Å²) in [7, 11) is 1.76. The maximum atomic E-state index is 5.21. The van der Waals surface area contributed by atoms with E-state index in [-0.39, 0.29) is 5.54 Å². The quantitative estimate of drug-likeness (QED) is 0.786. The highest BCUT2D eigenvalue weighted by molar-refractivity contribution is 7.11. The summed E-state index contributed by atoms with van der Waals surface area (Å²) in [6.45, 7) is 11.7. The van der Waals surface area contributed by atoms with Crippen molar-refractivity contribution in [1.29, 1.82) is 0 Å². The largest absolute Gasteiger partial charge is 0.383 e. The number of nitrogens with zero attached hydrogens (tertiary/aromatic N) is 2. The number of rotatable bonds is 7. The van der Waals surface area contributed by atoms with Gasteiger partial charge in [-0.3, -0.25) is 0 Å². The van der Waals surface area contributed by atoms with Crippen molar-refractivity contribution in [2.24, 2.45) is 0 Å². The summed E-state index contributed by atoms with van der Waals surface area (Å²) in [5, 5.41) is 5.02. The smallest absolute Gasteiger partial charge is 0.113 e. The molecule has 2 heterocycles. The molecule has 1 aromatic rings. The molecule has 120 valence electrons. The van der Waals surface area contributed by atoms with E-state index in [1.165, 1.54) is 28.5 Å². The van der Waals surface area contributed by atoms with Crippen LogP contribution in [0.15, 0.2) is 0 Å². The summed E-state index contributed by atoms with van der Waals surface area (Å²) in [5.41, 5.74) is 1.23. The molecular weight excluding hydrogens is 282 g/mol. The van der Waals surface area contributed by atoms with E-state index in [0.29, 0.717) is 0 Å². The van der Waals surface area contributed by atoms with Crippen molar-refractivity contribution >= 4 is 11.3 Å². The van der Waals surface area contributed by atoms with Crippen molar-refractivity contribution < 1.29 is 4.74 Å². The van der Waals surface area contributed by atoms with E-state index in [4.69, 9.17) is 9.72 Å². The third kappa shape index (κ3) is 4.03.